The number of aryl methyl sites for hydroxylation is 1. The largest absolute Gasteiger partial charge is 0.491 e. The van der Waals surface area contributed by atoms with E-state index in [0.29, 0.717) is 0 Å². The third-order valence-corrected chi connectivity index (χ3v) is 3.69. The van der Waals surface area contributed by atoms with Crippen molar-refractivity contribution < 1.29 is 4.74 Å². The van der Waals surface area contributed by atoms with Crippen LogP contribution >= 0.6 is 11.3 Å². The van der Waals surface area contributed by atoms with Crippen LogP contribution in [0.25, 0.3) is 0 Å². The fourth-order valence-electron chi connectivity index (χ4n) is 1.79. The molecule has 0 aliphatic rings. The van der Waals surface area contributed by atoms with Gasteiger partial charge in [0.15, 0.2) is 0 Å². The average molecular weight is 262 g/mol. The lowest BCUT2D eigenvalue weighted by molar-refractivity contribution is 0.242. The van der Waals surface area contributed by atoms with E-state index in [0.717, 1.165) is 21.9 Å². The van der Waals surface area contributed by atoms with Crippen LogP contribution < -0.4 is 10.5 Å². The van der Waals surface area contributed by atoms with E-state index in [2.05, 4.69) is 4.98 Å². The molecule has 3 nitrogen and oxygen atoms in total. The number of nitrogens with two attached hydrogens (primary N) is 1. The summed E-state index contributed by atoms with van der Waals surface area (Å²) in [6.07, 6.45) is 0.188. The lowest BCUT2D eigenvalue weighted by atomic mass is 10.1. The van der Waals surface area contributed by atoms with E-state index in [1.165, 1.54) is 0 Å². The van der Waals surface area contributed by atoms with Crippen LogP contribution in [0, 0.1) is 6.92 Å². The van der Waals surface area contributed by atoms with E-state index in [-0.39, 0.29) is 12.1 Å². The molecule has 0 aliphatic carbocycles. The van der Waals surface area contributed by atoms with Gasteiger partial charge < -0.3 is 10.5 Å². The van der Waals surface area contributed by atoms with Crippen molar-refractivity contribution in [3.05, 3.63) is 45.9 Å². The third-order valence-electron chi connectivity index (χ3n) is 2.68. The molecule has 1 heterocycles. The summed E-state index contributed by atoms with van der Waals surface area (Å²) in [4.78, 5) is 5.35. The van der Waals surface area contributed by atoms with Gasteiger partial charge in [-0.3, -0.25) is 0 Å². The van der Waals surface area contributed by atoms with Gasteiger partial charge in [0, 0.05) is 4.88 Å². The van der Waals surface area contributed by atoms with Crippen LogP contribution in [0.1, 0.15) is 36.0 Å². The molecule has 0 aliphatic heterocycles. The molecule has 96 valence electrons. The number of nitrogens with zero attached hydrogens (tertiary/aromatic N) is 1. The second kappa shape index (κ2) is 5.50. The zero-order valence-corrected chi connectivity index (χ0v) is 11.7. The summed E-state index contributed by atoms with van der Waals surface area (Å²) in [7, 11) is 0. The molecule has 4 heteroatoms. The molecular formula is C14H18N2OS. The van der Waals surface area contributed by atoms with Gasteiger partial charge in [-0.05, 0) is 38.5 Å². The van der Waals surface area contributed by atoms with Crippen molar-refractivity contribution in [2.24, 2.45) is 5.73 Å². The molecule has 2 N–H and O–H groups in total. The van der Waals surface area contributed by atoms with Gasteiger partial charge in [-0.25, -0.2) is 4.98 Å². The van der Waals surface area contributed by atoms with Crippen molar-refractivity contribution in [3.63, 3.8) is 0 Å². The minimum absolute atomic E-state index is 0.106. The summed E-state index contributed by atoms with van der Waals surface area (Å²) in [6, 6.07) is 7.85. The van der Waals surface area contributed by atoms with E-state index in [1.54, 1.807) is 11.3 Å². The minimum atomic E-state index is -0.106. The van der Waals surface area contributed by atoms with E-state index < -0.39 is 0 Å². The van der Waals surface area contributed by atoms with Crippen molar-refractivity contribution >= 4 is 11.3 Å². The monoisotopic (exact) mass is 262 g/mol. The fraction of sp³-hybridized carbons (Fsp3) is 0.357. The van der Waals surface area contributed by atoms with E-state index in [1.807, 2.05) is 50.5 Å². The van der Waals surface area contributed by atoms with Gasteiger partial charge in [0.1, 0.15) is 5.75 Å². The highest BCUT2D eigenvalue weighted by molar-refractivity contribution is 7.09. The number of rotatable bonds is 4. The molecule has 1 unspecified atom stereocenters. The zero-order valence-electron chi connectivity index (χ0n) is 10.9. The SMILES string of the molecule is Cc1ncsc1C(N)c1ccc(OC(C)C)cc1. The van der Waals surface area contributed by atoms with Gasteiger partial charge in [0.05, 0.1) is 23.4 Å². The molecule has 2 rings (SSSR count). The second-order valence-corrected chi connectivity index (χ2v) is 5.40. The Bertz CT molecular complexity index is 505. The van der Waals surface area contributed by atoms with Gasteiger partial charge >= 0.3 is 0 Å². The summed E-state index contributed by atoms with van der Waals surface area (Å²) in [5.74, 6) is 0.877. The summed E-state index contributed by atoms with van der Waals surface area (Å²) >= 11 is 1.60. The number of hydrogen-bond acceptors (Lipinski definition) is 4. The summed E-state index contributed by atoms with van der Waals surface area (Å²) in [5, 5.41) is 0. The van der Waals surface area contributed by atoms with Gasteiger partial charge in [0.2, 0.25) is 0 Å². The molecule has 0 radical (unpaired) electrons. The predicted octanol–water partition coefficient (Wildman–Crippen LogP) is 3.29. The van der Waals surface area contributed by atoms with Crippen LogP contribution in [-0.2, 0) is 0 Å². The highest BCUT2D eigenvalue weighted by Gasteiger charge is 2.13. The van der Waals surface area contributed by atoms with Gasteiger partial charge in [-0.1, -0.05) is 12.1 Å². The van der Waals surface area contributed by atoms with Crippen LogP contribution in [-0.4, -0.2) is 11.1 Å². The maximum Gasteiger partial charge on any atom is 0.119 e. The van der Waals surface area contributed by atoms with Crippen molar-refractivity contribution in [1.82, 2.24) is 4.98 Å². The first-order chi connectivity index (χ1) is 8.58. The summed E-state index contributed by atoms with van der Waals surface area (Å²) in [5.41, 5.74) is 10.2. The number of ether oxygens (including phenoxy) is 1. The maximum absolute atomic E-state index is 6.24. The van der Waals surface area contributed by atoms with Crippen LogP contribution in [0.4, 0.5) is 0 Å². The van der Waals surface area contributed by atoms with Crippen LogP contribution in [0.2, 0.25) is 0 Å². The van der Waals surface area contributed by atoms with Crippen LogP contribution in [0.5, 0.6) is 5.75 Å². The Morgan fingerprint density at radius 2 is 1.89 bits per heavy atom. The normalized spacial score (nSPS) is 12.7. The fourth-order valence-corrected chi connectivity index (χ4v) is 2.62. The topological polar surface area (TPSA) is 48.1 Å². The number of aromatic nitrogens is 1. The summed E-state index contributed by atoms with van der Waals surface area (Å²) in [6.45, 7) is 6.02. The maximum atomic E-state index is 6.24. The Balaban J connectivity index is 2.17. The van der Waals surface area contributed by atoms with Crippen LogP contribution in [0.15, 0.2) is 29.8 Å². The van der Waals surface area contributed by atoms with Gasteiger partial charge in [-0.2, -0.15) is 0 Å². The van der Waals surface area contributed by atoms with Gasteiger partial charge in [0.25, 0.3) is 0 Å². The second-order valence-electron chi connectivity index (χ2n) is 4.52. The molecular weight excluding hydrogens is 244 g/mol. The Morgan fingerprint density at radius 1 is 1.22 bits per heavy atom. The first kappa shape index (κ1) is 13.1. The Morgan fingerprint density at radius 3 is 2.39 bits per heavy atom. The Hall–Kier alpha value is -1.39. The molecule has 0 fully saturated rings. The smallest absolute Gasteiger partial charge is 0.119 e. The average Bonchev–Trinajstić information content (AvgIpc) is 2.75. The molecule has 0 spiro atoms. The van der Waals surface area contributed by atoms with E-state index in [4.69, 9.17) is 10.5 Å². The standard InChI is InChI=1S/C14H18N2OS/c1-9(2)17-12-6-4-11(5-7-12)13(15)14-10(3)16-8-18-14/h4-9,13H,15H2,1-3H3. The Kier molecular flexibility index (Phi) is 3.99. The van der Waals surface area contributed by atoms with Gasteiger partial charge in [-0.15, -0.1) is 11.3 Å². The van der Waals surface area contributed by atoms with Crippen molar-refractivity contribution in [1.29, 1.82) is 0 Å². The van der Waals surface area contributed by atoms with Crippen molar-refractivity contribution in [2.45, 2.75) is 32.9 Å². The Labute approximate surface area is 112 Å². The molecule has 0 saturated heterocycles. The molecule has 18 heavy (non-hydrogen) atoms. The number of thiazole rings is 1. The number of hydrogen-bond donors (Lipinski definition) is 1. The molecule has 1 atom stereocenters. The number of benzene rings is 1. The highest BCUT2D eigenvalue weighted by Crippen LogP contribution is 2.27. The van der Waals surface area contributed by atoms with E-state index >= 15 is 0 Å². The molecule has 0 amide bonds. The third kappa shape index (κ3) is 2.89. The lowest BCUT2D eigenvalue weighted by Gasteiger charge is -2.13. The molecule has 2 aromatic rings. The first-order valence-electron chi connectivity index (χ1n) is 6.00. The molecule has 0 saturated carbocycles. The highest BCUT2D eigenvalue weighted by atomic mass is 32.1. The lowest BCUT2D eigenvalue weighted by Crippen LogP contribution is -2.11. The van der Waals surface area contributed by atoms with Crippen LogP contribution in [0.3, 0.4) is 0 Å². The minimum Gasteiger partial charge on any atom is -0.491 e. The van der Waals surface area contributed by atoms with E-state index in [9.17, 15) is 0 Å². The summed E-state index contributed by atoms with van der Waals surface area (Å²) < 4.78 is 5.61. The van der Waals surface area contributed by atoms with Crippen molar-refractivity contribution in [3.8, 4) is 5.75 Å². The van der Waals surface area contributed by atoms with Crippen molar-refractivity contribution in [2.75, 3.05) is 0 Å². The first-order valence-corrected chi connectivity index (χ1v) is 6.88. The molecule has 0 bridgehead atoms. The predicted molar refractivity (Wildman–Crippen MR) is 75.1 cm³/mol. The zero-order chi connectivity index (χ0) is 13.1. The molecule has 1 aromatic heterocycles. The molecule has 1 aromatic carbocycles. The quantitative estimate of drug-likeness (QED) is 0.919.